The summed E-state index contributed by atoms with van der Waals surface area (Å²) in [5.74, 6) is 5.41. The maximum atomic E-state index is 5.41. The van der Waals surface area contributed by atoms with Crippen LogP contribution < -0.4 is 11.3 Å². The fraction of sp³-hybridized carbons (Fsp3) is 0.455. The number of nitrogens with one attached hydrogen (secondary N) is 1. The van der Waals surface area contributed by atoms with Gasteiger partial charge in [-0.3, -0.25) is 16.2 Å². The Bertz CT molecular complexity index is 273. The van der Waals surface area contributed by atoms with Crippen molar-refractivity contribution in [3.05, 3.63) is 35.9 Å². The highest BCUT2D eigenvalue weighted by atomic mass is 15.3. The highest BCUT2D eigenvalue weighted by Gasteiger charge is 2.20. The molecule has 0 radical (unpaired) electrons. The van der Waals surface area contributed by atoms with Crippen LogP contribution in [0.2, 0.25) is 0 Å². The molecule has 1 fully saturated rings. The minimum absolute atomic E-state index is 0.471. The lowest BCUT2D eigenvalue weighted by Gasteiger charge is -2.15. The fourth-order valence-electron chi connectivity index (χ4n) is 1.95. The van der Waals surface area contributed by atoms with E-state index in [0.29, 0.717) is 6.04 Å². The van der Waals surface area contributed by atoms with Crippen LogP contribution in [0.25, 0.3) is 0 Å². The van der Waals surface area contributed by atoms with Crippen LogP contribution >= 0.6 is 0 Å². The van der Waals surface area contributed by atoms with E-state index in [1.807, 2.05) is 0 Å². The maximum Gasteiger partial charge on any atom is 0.0350 e. The van der Waals surface area contributed by atoms with Gasteiger partial charge in [0.05, 0.1) is 0 Å². The van der Waals surface area contributed by atoms with Gasteiger partial charge in [-0.1, -0.05) is 30.3 Å². The number of benzene rings is 1. The first-order chi connectivity index (χ1) is 6.88. The van der Waals surface area contributed by atoms with Crippen LogP contribution in [0.4, 0.5) is 0 Å². The third-order valence-electron chi connectivity index (χ3n) is 2.76. The van der Waals surface area contributed by atoms with E-state index >= 15 is 0 Å². The van der Waals surface area contributed by atoms with E-state index in [4.69, 9.17) is 5.84 Å². The van der Waals surface area contributed by atoms with E-state index in [2.05, 4.69) is 40.7 Å². The van der Waals surface area contributed by atoms with E-state index in [9.17, 15) is 0 Å². The second-order valence-electron chi connectivity index (χ2n) is 3.87. The van der Waals surface area contributed by atoms with Crippen molar-refractivity contribution in [1.82, 2.24) is 10.3 Å². The van der Waals surface area contributed by atoms with Crippen molar-refractivity contribution < 1.29 is 0 Å². The lowest BCUT2D eigenvalue weighted by molar-refractivity contribution is 0.320. The van der Waals surface area contributed by atoms with Crippen LogP contribution in [0, 0.1) is 0 Å². The summed E-state index contributed by atoms with van der Waals surface area (Å²) in [6, 6.07) is 11.0. The standard InChI is InChI=1S/C11H17N3/c12-13-11-6-7-14(9-11)8-10-4-2-1-3-5-10/h1-5,11,13H,6-9,12H2/t11-/m0/s1. The van der Waals surface area contributed by atoms with Crippen molar-refractivity contribution in [1.29, 1.82) is 0 Å². The SMILES string of the molecule is NN[C@H]1CCN(Cc2ccccc2)C1. The Morgan fingerprint density at radius 2 is 2.14 bits per heavy atom. The average Bonchev–Trinajstić information content (AvgIpc) is 2.67. The minimum Gasteiger partial charge on any atom is -0.297 e. The Hall–Kier alpha value is -0.900. The van der Waals surface area contributed by atoms with Crippen molar-refractivity contribution in [2.75, 3.05) is 13.1 Å². The first kappa shape index (κ1) is 9.65. The molecule has 0 spiro atoms. The van der Waals surface area contributed by atoms with Crippen LogP contribution in [-0.4, -0.2) is 24.0 Å². The summed E-state index contributed by atoms with van der Waals surface area (Å²) >= 11 is 0. The van der Waals surface area contributed by atoms with E-state index < -0.39 is 0 Å². The Labute approximate surface area is 84.9 Å². The lowest BCUT2D eigenvalue weighted by atomic mass is 10.2. The van der Waals surface area contributed by atoms with Gasteiger partial charge in [-0.2, -0.15) is 0 Å². The zero-order valence-corrected chi connectivity index (χ0v) is 8.32. The number of hydrazine groups is 1. The van der Waals surface area contributed by atoms with Gasteiger partial charge >= 0.3 is 0 Å². The lowest BCUT2D eigenvalue weighted by Crippen LogP contribution is -2.37. The van der Waals surface area contributed by atoms with E-state index in [1.165, 1.54) is 5.56 Å². The highest BCUT2D eigenvalue weighted by molar-refractivity contribution is 5.14. The molecule has 1 aliphatic heterocycles. The second kappa shape index (κ2) is 4.55. The van der Waals surface area contributed by atoms with Crippen LogP contribution in [0.5, 0.6) is 0 Å². The van der Waals surface area contributed by atoms with E-state index in [0.717, 1.165) is 26.1 Å². The fourth-order valence-corrected chi connectivity index (χ4v) is 1.95. The summed E-state index contributed by atoms with van der Waals surface area (Å²) in [5, 5.41) is 0. The van der Waals surface area contributed by atoms with Gasteiger partial charge in [-0.05, 0) is 12.0 Å². The summed E-state index contributed by atoms with van der Waals surface area (Å²) in [6.07, 6.45) is 1.16. The molecule has 1 aromatic rings. The molecule has 1 heterocycles. The Morgan fingerprint density at radius 3 is 2.79 bits per heavy atom. The number of nitrogens with two attached hydrogens (primary N) is 1. The zero-order valence-electron chi connectivity index (χ0n) is 8.32. The predicted octanol–water partition coefficient (Wildman–Crippen LogP) is 0.724. The predicted molar refractivity (Wildman–Crippen MR) is 57.4 cm³/mol. The number of rotatable bonds is 3. The highest BCUT2D eigenvalue weighted by Crippen LogP contribution is 2.12. The summed E-state index contributed by atoms with van der Waals surface area (Å²) in [6.45, 7) is 3.24. The summed E-state index contributed by atoms with van der Waals surface area (Å²) in [7, 11) is 0. The molecule has 0 aliphatic carbocycles. The molecule has 1 aliphatic rings. The normalized spacial score (nSPS) is 22.8. The first-order valence-corrected chi connectivity index (χ1v) is 5.11. The van der Waals surface area contributed by atoms with E-state index in [1.54, 1.807) is 0 Å². The van der Waals surface area contributed by atoms with Gasteiger partial charge in [0.1, 0.15) is 0 Å². The monoisotopic (exact) mass is 191 g/mol. The van der Waals surface area contributed by atoms with Crippen molar-refractivity contribution in [3.8, 4) is 0 Å². The number of hydrogen-bond donors (Lipinski definition) is 2. The number of hydrogen-bond acceptors (Lipinski definition) is 3. The zero-order chi connectivity index (χ0) is 9.80. The van der Waals surface area contributed by atoms with Crippen LogP contribution in [0.15, 0.2) is 30.3 Å². The first-order valence-electron chi connectivity index (χ1n) is 5.11. The summed E-state index contributed by atoms with van der Waals surface area (Å²) < 4.78 is 0. The van der Waals surface area contributed by atoms with E-state index in [-0.39, 0.29) is 0 Å². The molecular formula is C11H17N3. The van der Waals surface area contributed by atoms with Crippen LogP contribution in [-0.2, 0) is 6.54 Å². The van der Waals surface area contributed by atoms with Gasteiger partial charge < -0.3 is 0 Å². The molecule has 1 atom stereocenters. The van der Waals surface area contributed by atoms with Gasteiger partial charge in [0.2, 0.25) is 0 Å². The number of likely N-dealkylation sites (tertiary alicyclic amines) is 1. The molecule has 1 saturated heterocycles. The molecule has 76 valence electrons. The molecular weight excluding hydrogens is 174 g/mol. The van der Waals surface area contributed by atoms with Gasteiger partial charge in [0.25, 0.3) is 0 Å². The summed E-state index contributed by atoms with van der Waals surface area (Å²) in [5.41, 5.74) is 4.22. The molecule has 0 unspecified atom stereocenters. The maximum absolute atomic E-state index is 5.41. The quantitative estimate of drug-likeness (QED) is 0.546. The van der Waals surface area contributed by atoms with Crippen LogP contribution in [0.1, 0.15) is 12.0 Å². The Balaban J connectivity index is 1.88. The summed E-state index contributed by atoms with van der Waals surface area (Å²) in [4.78, 5) is 2.43. The van der Waals surface area contributed by atoms with Crippen molar-refractivity contribution in [2.24, 2.45) is 5.84 Å². The molecule has 1 aromatic carbocycles. The molecule has 3 N–H and O–H groups in total. The smallest absolute Gasteiger partial charge is 0.0350 e. The molecule has 2 rings (SSSR count). The van der Waals surface area contributed by atoms with Gasteiger partial charge in [-0.15, -0.1) is 0 Å². The third kappa shape index (κ3) is 2.32. The van der Waals surface area contributed by atoms with Gasteiger partial charge in [0, 0.05) is 25.7 Å². The molecule has 3 nitrogen and oxygen atoms in total. The molecule has 14 heavy (non-hydrogen) atoms. The third-order valence-corrected chi connectivity index (χ3v) is 2.76. The second-order valence-corrected chi connectivity index (χ2v) is 3.87. The average molecular weight is 191 g/mol. The molecule has 0 bridgehead atoms. The van der Waals surface area contributed by atoms with Crippen molar-refractivity contribution in [2.45, 2.75) is 19.0 Å². The Morgan fingerprint density at radius 1 is 1.36 bits per heavy atom. The molecule has 0 saturated carbocycles. The van der Waals surface area contributed by atoms with Gasteiger partial charge in [-0.25, -0.2) is 0 Å². The minimum atomic E-state index is 0.471. The Kier molecular flexibility index (Phi) is 3.14. The van der Waals surface area contributed by atoms with Crippen molar-refractivity contribution in [3.63, 3.8) is 0 Å². The number of nitrogens with zero attached hydrogens (tertiary/aromatic N) is 1. The molecule has 3 heteroatoms. The molecule has 0 aromatic heterocycles. The molecule has 0 amide bonds. The largest absolute Gasteiger partial charge is 0.297 e. The van der Waals surface area contributed by atoms with Gasteiger partial charge in [0.15, 0.2) is 0 Å². The topological polar surface area (TPSA) is 41.3 Å². The van der Waals surface area contributed by atoms with Crippen LogP contribution in [0.3, 0.4) is 0 Å². The van der Waals surface area contributed by atoms with Crippen molar-refractivity contribution >= 4 is 0 Å².